The summed E-state index contributed by atoms with van der Waals surface area (Å²) in [6, 6.07) is 0.118. The number of amides is 2. The zero-order chi connectivity index (χ0) is 19.7. The molecule has 1 aliphatic rings. The van der Waals surface area contributed by atoms with Crippen LogP contribution >= 0.6 is 11.3 Å². The zero-order valence-electron chi connectivity index (χ0n) is 15.1. The summed E-state index contributed by atoms with van der Waals surface area (Å²) in [4.78, 5) is 28.6. The number of nitrogens with one attached hydrogen (secondary N) is 2. The van der Waals surface area contributed by atoms with Gasteiger partial charge in [-0.1, -0.05) is 0 Å². The maximum Gasteiger partial charge on any atom is 0.275 e. The quantitative estimate of drug-likeness (QED) is 0.551. The average molecular weight is 401 g/mol. The Balaban J connectivity index is 1.49. The van der Waals surface area contributed by atoms with Crippen LogP contribution in [0.5, 0.6) is 0 Å². The molecule has 3 aromatic heterocycles. The van der Waals surface area contributed by atoms with Gasteiger partial charge in [0.1, 0.15) is 10.7 Å². The van der Waals surface area contributed by atoms with Gasteiger partial charge in [0.15, 0.2) is 5.69 Å². The molecule has 1 saturated carbocycles. The van der Waals surface area contributed by atoms with E-state index in [-0.39, 0.29) is 29.2 Å². The topological polar surface area (TPSA) is 141 Å². The van der Waals surface area contributed by atoms with Crippen LogP contribution in [0.1, 0.15) is 46.8 Å². The van der Waals surface area contributed by atoms with Gasteiger partial charge < -0.3 is 15.8 Å². The lowest BCUT2D eigenvalue weighted by molar-refractivity contribution is -0.0227. The summed E-state index contributed by atoms with van der Waals surface area (Å²) in [5, 5.41) is 15.8. The van der Waals surface area contributed by atoms with Crippen molar-refractivity contribution in [2.45, 2.75) is 31.9 Å². The fourth-order valence-electron chi connectivity index (χ4n) is 3.04. The summed E-state index contributed by atoms with van der Waals surface area (Å²) in [5.74, 6) is -1.14. The van der Waals surface area contributed by atoms with E-state index in [0.717, 1.165) is 18.4 Å². The Labute approximate surface area is 164 Å². The lowest BCUT2D eigenvalue weighted by Crippen LogP contribution is -2.33. The van der Waals surface area contributed by atoms with Crippen molar-refractivity contribution in [3.63, 3.8) is 0 Å². The Morgan fingerprint density at radius 1 is 1.46 bits per heavy atom. The highest BCUT2D eigenvalue weighted by Crippen LogP contribution is 2.35. The molecule has 1 fully saturated rings. The molecule has 146 valence electrons. The highest BCUT2D eigenvalue weighted by molar-refractivity contribution is 7.13. The molecule has 11 heteroatoms. The van der Waals surface area contributed by atoms with Crippen LogP contribution in [0, 0.1) is 0 Å². The normalized spacial score (nSPS) is 18.6. The number of carbonyl (C=O) groups excluding carboxylic acids is 2. The van der Waals surface area contributed by atoms with Gasteiger partial charge >= 0.3 is 0 Å². The van der Waals surface area contributed by atoms with Crippen LogP contribution in [0.4, 0.5) is 5.69 Å². The van der Waals surface area contributed by atoms with Crippen molar-refractivity contribution in [2.75, 3.05) is 11.9 Å². The van der Waals surface area contributed by atoms with Gasteiger partial charge in [-0.3, -0.25) is 19.4 Å². The summed E-state index contributed by atoms with van der Waals surface area (Å²) in [7, 11) is 0. The standard InChI is InChI=1S/C17H19N7O3S/c1-2-27-11-3-10(4-11)24-7-12(14(23-24)15(18)25)21-16(26)13-8-28-17(22-13)9-5-19-20-6-9/h5-8,10-11H,2-4H2,1H3,(H2,18,25)(H,19,20)(H,21,26). The second kappa shape index (κ2) is 7.52. The van der Waals surface area contributed by atoms with Crippen molar-refractivity contribution in [3.8, 4) is 10.6 Å². The fourth-order valence-corrected chi connectivity index (χ4v) is 3.82. The number of nitrogens with two attached hydrogens (primary N) is 1. The van der Waals surface area contributed by atoms with Gasteiger partial charge in [-0.15, -0.1) is 11.3 Å². The van der Waals surface area contributed by atoms with Crippen molar-refractivity contribution >= 4 is 28.8 Å². The minimum Gasteiger partial charge on any atom is -0.378 e. The Morgan fingerprint density at radius 2 is 2.29 bits per heavy atom. The number of hydrogen-bond donors (Lipinski definition) is 3. The van der Waals surface area contributed by atoms with Gasteiger partial charge in [-0.2, -0.15) is 10.2 Å². The lowest BCUT2D eigenvalue weighted by atomic mass is 9.89. The van der Waals surface area contributed by atoms with Crippen LogP contribution in [0.25, 0.3) is 10.6 Å². The first-order chi connectivity index (χ1) is 13.5. The molecular formula is C17H19N7O3S. The number of anilines is 1. The number of H-pyrrole nitrogens is 1. The zero-order valence-corrected chi connectivity index (χ0v) is 15.9. The molecule has 4 rings (SSSR count). The lowest BCUT2D eigenvalue weighted by Gasteiger charge is -2.34. The van der Waals surface area contributed by atoms with Gasteiger partial charge in [-0.25, -0.2) is 4.98 Å². The molecule has 28 heavy (non-hydrogen) atoms. The first-order valence-electron chi connectivity index (χ1n) is 8.81. The molecule has 1 aliphatic carbocycles. The number of aromatic amines is 1. The smallest absolute Gasteiger partial charge is 0.275 e. The molecule has 0 spiro atoms. The molecular weight excluding hydrogens is 382 g/mol. The number of rotatable bonds is 7. The monoisotopic (exact) mass is 401 g/mol. The number of primary amides is 1. The first kappa shape index (κ1) is 18.3. The average Bonchev–Trinajstić information content (AvgIpc) is 3.36. The summed E-state index contributed by atoms with van der Waals surface area (Å²) < 4.78 is 7.22. The van der Waals surface area contributed by atoms with Crippen molar-refractivity contribution in [1.82, 2.24) is 25.0 Å². The molecule has 0 radical (unpaired) electrons. The predicted molar refractivity (Wildman–Crippen MR) is 102 cm³/mol. The highest BCUT2D eigenvalue weighted by Gasteiger charge is 2.33. The van der Waals surface area contributed by atoms with Crippen molar-refractivity contribution < 1.29 is 14.3 Å². The largest absolute Gasteiger partial charge is 0.378 e. The van der Waals surface area contributed by atoms with E-state index in [1.165, 1.54) is 11.3 Å². The Morgan fingerprint density at radius 3 is 2.96 bits per heavy atom. The van der Waals surface area contributed by atoms with Crippen LogP contribution in [-0.2, 0) is 4.74 Å². The van der Waals surface area contributed by atoms with Crippen LogP contribution < -0.4 is 11.1 Å². The molecule has 3 heterocycles. The van der Waals surface area contributed by atoms with Crippen LogP contribution in [0.15, 0.2) is 24.0 Å². The second-order valence-electron chi connectivity index (χ2n) is 6.42. The third kappa shape index (κ3) is 3.53. The minimum absolute atomic E-state index is 0.0264. The minimum atomic E-state index is -0.702. The molecule has 10 nitrogen and oxygen atoms in total. The summed E-state index contributed by atoms with van der Waals surface area (Å²) in [6.45, 7) is 2.62. The molecule has 0 atom stereocenters. The SMILES string of the molecule is CCOC1CC(n2cc(NC(=O)c3csc(-c4cn[nH]c4)n3)c(C(N)=O)n2)C1. The van der Waals surface area contributed by atoms with E-state index in [1.54, 1.807) is 28.7 Å². The van der Waals surface area contributed by atoms with E-state index in [9.17, 15) is 9.59 Å². The van der Waals surface area contributed by atoms with E-state index >= 15 is 0 Å². The van der Waals surface area contributed by atoms with Crippen LogP contribution in [0.2, 0.25) is 0 Å². The number of thiazole rings is 1. The number of aromatic nitrogens is 5. The molecule has 4 N–H and O–H groups in total. The maximum atomic E-state index is 12.6. The van der Waals surface area contributed by atoms with E-state index < -0.39 is 11.8 Å². The van der Waals surface area contributed by atoms with E-state index in [1.807, 2.05) is 6.92 Å². The number of nitrogens with zero attached hydrogens (tertiary/aromatic N) is 4. The summed E-state index contributed by atoms with van der Waals surface area (Å²) in [6.07, 6.45) is 6.77. The Kier molecular flexibility index (Phi) is 4.92. The second-order valence-corrected chi connectivity index (χ2v) is 7.28. The highest BCUT2D eigenvalue weighted by atomic mass is 32.1. The van der Waals surface area contributed by atoms with E-state index in [2.05, 4.69) is 25.6 Å². The Bertz CT molecular complexity index is 988. The third-order valence-corrected chi connectivity index (χ3v) is 5.43. The number of carbonyl (C=O) groups is 2. The van der Waals surface area contributed by atoms with Crippen molar-refractivity contribution in [3.05, 3.63) is 35.4 Å². The predicted octanol–water partition coefficient (Wildman–Crippen LogP) is 1.82. The molecule has 0 saturated heterocycles. The van der Waals surface area contributed by atoms with Crippen LogP contribution in [0.3, 0.4) is 0 Å². The van der Waals surface area contributed by atoms with Gasteiger partial charge in [0.25, 0.3) is 11.8 Å². The summed E-state index contributed by atoms with van der Waals surface area (Å²) >= 11 is 1.33. The fraction of sp³-hybridized carbons (Fsp3) is 0.353. The van der Waals surface area contributed by atoms with Crippen LogP contribution in [-0.4, -0.2) is 49.5 Å². The van der Waals surface area contributed by atoms with Gasteiger partial charge in [0.2, 0.25) is 0 Å². The first-order valence-corrected chi connectivity index (χ1v) is 9.69. The number of hydrogen-bond acceptors (Lipinski definition) is 7. The summed E-state index contributed by atoms with van der Waals surface area (Å²) in [5.41, 5.74) is 6.77. The van der Waals surface area contributed by atoms with Crippen molar-refractivity contribution in [1.29, 1.82) is 0 Å². The molecule has 0 aromatic carbocycles. The van der Waals surface area contributed by atoms with Gasteiger partial charge in [-0.05, 0) is 19.8 Å². The maximum absolute atomic E-state index is 12.6. The molecule has 2 amide bonds. The van der Waals surface area contributed by atoms with Gasteiger partial charge in [0, 0.05) is 29.9 Å². The third-order valence-electron chi connectivity index (χ3n) is 4.54. The molecule has 0 bridgehead atoms. The molecule has 0 aliphatic heterocycles. The van der Waals surface area contributed by atoms with E-state index in [4.69, 9.17) is 10.5 Å². The number of ether oxygens (including phenoxy) is 1. The van der Waals surface area contributed by atoms with Crippen molar-refractivity contribution in [2.24, 2.45) is 5.73 Å². The Hall–Kier alpha value is -3.05. The van der Waals surface area contributed by atoms with E-state index in [0.29, 0.717) is 11.6 Å². The molecule has 0 unspecified atom stereocenters. The molecule has 3 aromatic rings. The van der Waals surface area contributed by atoms with Gasteiger partial charge in [0.05, 0.1) is 24.0 Å².